The fourth-order valence-corrected chi connectivity index (χ4v) is 4.31. The van der Waals surface area contributed by atoms with Gasteiger partial charge < -0.3 is 5.73 Å². The van der Waals surface area contributed by atoms with E-state index in [0.29, 0.717) is 5.54 Å². The third kappa shape index (κ3) is 2.51. The van der Waals surface area contributed by atoms with E-state index in [9.17, 15) is 0 Å². The summed E-state index contributed by atoms with van der Waals surface area (Å²) in [6.45, 7) is 5.53. The number of nitrogens with zero attached hydrogens (tertiary/aromatic N) is 1. The van der Waals surface area contributed by atoms with Crippen molar-refractivity contribution < 1.29 is 0 Å². The van der Waals surface area contributed by atoms with E-state index in [-0.39, 0.29) is 0 Å². The molecule has 1 aromatic carbocycles. The van der Waals surface area contributed by atoms with Crippen molar-refractivity contribution in [1.82, 2.24) is 4.90 Å². The molecule has 2 unspecified atom stereocenters. The Balaban J connectivity index is 1.75. The predicted molar refractivity (Wildman–Crippen MR) is 84.8 cm³/mol. The molecule has 3 rings (SSSR count). The Labute approximate surface area is 123 Å². The Morgan fingerprint density at radius 1 is 1.20 bits per heavy atom. The molecule has 1 aliphatic heterocycles. The summed E-state index contributed by atoms with van der Waals surface area (Å²) < 4.78 is 0. The number of hydrogen-bond donors (Lipinski definition) is 1. The van der Waals surface area contributed by atoms with Gasteiger partial charge in [0.2, 0.25) is 0 Å². The molecule has 110 valence electrons. The standard InChI is InChI=1S/C18H28N2/c1-2-15-7-10-18(13-15,14-19)20-11-8-16-5-3-4-6-17(16)9-12-20/h3-6,15H,2,7-14,19H2,1H3. The van der Waals surface area contributed by atoms with Crippen molar-refractivity contribution in [3.63, 3.8) is 0 Å². The molecule has 2 heteroatoms. The van der Waals surface area contributed by atoms with Crippen molar-refractivity contribution in [2.75, 3.05) is 19.6 Å². The molecule has 2 atom stereocenters. The second-order valence-electron chi connectivity index (χ2n) is 6.70. The lowest BCUT2D eigenvalue weighted by molar-refractivity contribution is 0.0999. The van der Waals surface area contributed by atoms with Crippen molar-refractivity contribution in [1.29, 1.82) is 0 Å². The molecule has 0 saturated heterocycles. The average molecular weight is 272 g/mol. The second-order valence-corrected chi connectivity index (χ2v) is 6.70. The van der Waals surface area contributed by atoms with Crippen LogP contribution in [-0.2, 0) is 12.8 Å². The summed E-state index contributed by atoms with van der Waals surface area (Å²) in [5, 5.41) is 0. The lowest BCUT2D eigenvalue weighted by Crippen LogP contribution is -2.53. The van der Waals surface area contributed by atoms with Crippen LogP contribution in [-0.4, -0.2) is 30.1 Å². The Kier molecular flexibility index (Phi) is 4.13. The van der Waals surface area contributed by atoms with Gasteiger partial charge in [0.15, 0.2) is 0 Å². The van der Waals surface area contributed by atoms with Crippen molar-refractivity contribution in [3.05, 3.63) is 35.4 Å². The summed E-state index contributed by atoms with van der Waals surface area (Å²) in [5.41, 5.74) is 9.62. The first-order valence-corrected chi connectivity index (χ1v) is 8.29. The van der Waals surface area contributed by atoms with Crippen molar-refractivity contribution in [2.24, 2.45) is 11.7 Å². The largest absolute Gasteiger partial charge is 0.329 e. The fraction of sp³-hybridized carbons (Fsp3) is 0.667. The van der Waals surface area contributed by atoms with Gasteiger partial charge in [-0.1, -0.05) is 37.6 Å². The Morgan fingerprint density at radius 3 is 2.35 bits per heavy atom. The topological polar surface area (TPSA) is 29.3 Å². The monoisotopic (exact) mass is 272 g/mol. The van der Waals surface area contributed by atoms with Gasteiger partial charge >= 0.3 is 0 Å². The van der Waals surface area contributed by atoms with Crippen LogP contribution >= 0.6 is 0 Å². The zero-order chi connectivity index (χ0) is 14.0. The molecule has 0 spiro atoms. The molecule has 0 radical (unpaired) electrons. The van der Waals surface area contributed by atoms with Crippen LogP contribution in [0.25, 0.3) is 0 Å². The van der Waals surface area contributed by atoms with Crippen LogP contribution in [0.4, 0.5) is 0 Å². The van der Waals surface area contributed by atoms with Gasteiger partial charge in [-0.25, -0.2) is 0 Å². The van der Waals surface area contributed by atoms with Gasteiger partial charge in [-0.15, -0.1) is 0 Å². The highest BCUT2D eigenvalue weighted by molar-refractivity contribution is 5.29. The Morgan fingerprint density at radius 2 is 1.85 bits per heavy atom. The third-order valence-corrected chi connectivity index (χ3v) is 5.74. The predicted octanol–water partition coefficient (Wildman–Crippen LogP) is 2.99. The van der Waals surface area contributed by atoms with E-state index in [1.54, 1.807) is 11.1 Å². The molecular weight excluding hydrogens is 244 g/mol. The number of hydrogen-bond acceptors (Lipinski definition) is 2. The summed E-state index contributed by atoms with van der Waals surface area (Å²) in [6.07, 6.45) is 7.69. The SMILES string of the molecule is CCC1CCC(CN)(N2CCc3ccccc3CC2)C1. The van der Waals surface area contributed by atoms with Crippen LogP contribution in [0, 0.1) is 5.92 Å². The van der Waals surface area contributed by atoms with Crippen LogP contribution in [0.3, 0.4) is 0 Å². The van der Waals surface area contributed by atoms with Crippen LogP contribution < -0.4 is 5.73 Å². The van der Waals surface area contributed by atoms with Gasteiger partial charge in [-0.05, 0) is 49.1 Å². The molecule has 20 heavy (non-hydrogen) atoms. The fourth-order valence-electron chi connectivity index (χ4n) is 4.31. The molecular formula is C18H28N2. The summed E-state index contributed by atoms with van der Waals surface area (Å²) >= 11 is 0. The molecule has 0 amide bonds. The van der Waals surface area contributed by atoms with E-state index in [1.807, 2.05) is 0 Å². The minimum absolute atomic E-state index is 0.294. The summed E-state index contributed by atoms with van der Waals surface area (Å²) in [5.74, 6) is 0.893. The van der Waals surface area contributed by atoms with Crippen molar-refractivity contribution in [3.8, 4) is 0 Å². The van der Waals surface area contributed by atoms with Crippen LogP contribution in [0.15, 0.2) is 24.3 Å². The number of fused-ring (bicyclic) bond motifs is 1. The molecule has 2 nitrogen and oxygen atoms in total. The van der Waals surface area contributed by atoms with Crippen LogP contribution in [0.5, 0.6) is 0 Å². The zero-order valence-electron chi connectivity index (χ0n) is 12.8. The maximum Gasteiger partial charge on any atom is 0.0334 e. The Hall–Kier alpha value is -0.860. The number of benzene rings is 1. The van der Waals surface area contributed by atoms with Gasteiger partial charge in [0, 0.05) is 25.2 Å². The first kappa shape index (κ1) is 14.1. The molecule has 1 aromatic rings. The van der Waals surface area contributed by atoms with Gasteiger partial charge in [0.25, 0.3) is 0 Å². The van der Waals surface area contributed by atoms with E-state index < -0.39 is 0 Å². The minimum Gasteiger partial charge on any atom is -0.329 e. The molecule has 0 aromatic heterocycles. The van der Waals surface area contributed by atoms with E-state index >= 15 is 0 Å². The highest BCUT2D eigenvalue weighted by Gasteiger charge is 2.42. The molecule has 1 saturated carbocycles. The molecule has 0 bridgehead atoms. The van der Waals surface area contributed by atoms with Crippen LogP contribution in [0.1, 0.15) is 43.7 Å². The lowest BCUT2D eigenvalue weighted by Gasteiger charge is -2.40. The molecule has 2 aliphatic rings. The summed E-state index contributed by atoms with van der Waals surface area (Å²) in [4.78, 5) is 2.72. The number of nitrogens with two attached hydrogens (primary N) is 1. The number of rotatable bonds is 3. The molecule has 1 heterocycles. The van der Waals surface area contributed by atoms with Crippen molar-refractivity contribution >= 4 is 0 Å². The molecule has 1 aliphatic carbocycles. The smallest absolute Gasteiger partial charge is 0.0334 e. The zero-order valence-corrected chi connectivity index (χ0v) is 12.8. The normalized spacial score (nSPS) is 31.0. The van der Waals surface area contributed by atoms with Crippen LogP contribution in [0.2, 0.25) is 0 Å². The van der Waals surface area contributed by atoms with Gasteiger partial charge in [-0.3, -0.25) is 4.90 Å². The van der Waals surface area contributed by atoms with E-state index in [0.717, 1.165) is 12.5 Å². The van der Waals surface area contributed by atoms with Gasteiger partial charge in [-0.2, -0.15) is 0 Å². The summed E-state index contributed by atoms with van der Waals surface area (Å²) in [7, 11) is 0. The first-order valence-electron chi connectivity index (χ1n) is 8.29. The molecule has 1 fully saturated rings. The lowest BCUT2D eigenvalue weighted by atomic mass is 9.92. The van der Waals surface area contributed by atoms with E-state index in [2.05, 4.69) is 36.1 Å². The third-order valence-electron chi connectivity index (χ3n) is 5.74. The maximum atomic E-state index is 6.23. The maximum absolute atomic E-state index is 6.23. The highest BCUT2D eigenvalue weighted by atomic mass is 15.2. The highest BCUT2D eigenvalue weighted by Crippen LogP contribution is 2.40. The van der Waals surface area contributed by atoms with Crippen molar-refractivity contribution in [2.45, 2.75) is 51.0 Å². The Bertz CT molecular complexity index is 429. The quantitative estimate of drug-likeness (QED) is 0.916. The average Bonchev–Trinajstić information content (AvgIpc) is 2.81. The second kappa shape index (κ2) is 5.87. The van der Waals surface area contributed by atoms with E-state index in [4.69, 9.17) is 5.73 Å². The van der Waals surface area contributed by atoms with Gasteiger partial charge in [0.05, 0.1) is 0 Å². The molecule has 2 N–H and O–H groups in total. The van der Waals surface area contributed by atoms with Gasteiger partial charge in [0.1, 0.15) is 0 Å². The summed E-state index contributed by atoms with van der Waals surface area (Å²) in [6, 6.07) is 8.96. The minimum atomic E-state index is 0.294. The first-order chi connectivity index (χ1) is 9.77. The van der Waals surface area contributed by atoms with E-state index in [1.165, 1.54) is 51.6 Å².